The van der Waals surface area contributed by atoms with Crippen LogP contribution >= 0.6 is 0 Å². The topological polar surface area (TPSA) is 29.9 Å². The number of nitrogens with zero attached hydrogens (tertiary/aromatic N) is 2. The number of hydrogen-bond donors (Lipinski definition) is 0. The van der Waals surface area contributed by atoms with Gasteiger partial charge in [-0.2, -0.15) is 0 Å². The molecule has 5 aromatic rings. The standard InChI is InChI=1S/C23H19N2O/c1-14-11-19-18-12-16-7-4-5-8-17(16)13-20(18)26-22(19)21(15(14)2)23-24-9-6-10-25(23)3/h4-13H,1-3H3/q+1. The molecule has 126 valence electrons. The Balaban J connectivity index is 1.97. The lowest BCUT2D eigenvalue weighted by atomic mass is 9.97. The van der Waals surface area contributed by atoms with E-state index in [1.165, 1.54) is 21.9 Å². The molecule has 3 nitrogen and oxygen atoms in total. The number of rotatable bonds is 1. The number of benzene rings is 3. The van der Waals surface area contributed by atoms with Crippen molar-refractivity contribution < 1.29 is 8.98 Å². The summed E-state index contributed by atoms with van der Waals surface area (Å²) in [5.74, 6) is 0.919. The van der Waals surface area contributed by atoms with Crippen molar-refractivity contribution in [1.29, 1.82) is 0 Å². The molecule has 26 heavy (non-hydrogen) atoms. The highest BCUT2D eigenvalue weighted by Gasteiger charge is 2.23. The lowest BCUT2D eigenvalue weighted by Crippen LogP contribution is -2.31. The molecule has 3 aromatic carbocycles. The molecule has 2 heterocycles. The highest BCUT2D eigenvalue weighted by molar-refractivity contribution is 6.13. The fourth-order valence-electron chi connectivity index (χ4n) is 3.78. The summed E-state index contributed by atoms with van der Waals surface area (Å²) in [7, 11) is 2.02. The minimum absolute atomic E-state index is 0.910. The summed E-state index contributed by atoms with van der Waals surface area (Å²) < 4.78 is 8.43. The van der Waals surface area contributed by atoms with Gasteiger partial charge < -0.3 is 4.42 Å². The zero-order valence-electron chi connectivity index (χ0n) is 15.1. The van der Waals surface area contributed by atoms with Crippen LogP contribution in [0.15, 0.2) is 65.3 Å². The average molecular weight is 339 g/mol. The van der Waals surface area contributed by atoms with E-state index in [1.54, 1.807) is 0 Å². The molecule has 0 spiro atoms. The van der Waals surface area contributed by atoms with Gasteiger partial charge in [0.15, 0.2) is 5.58 Å². The van der Waals surface area contributed by atoms with Crippen molar-refractivity contribution in [3.63, 3.8) is 0 Å². The maximum absolute atomic E-state index is 6.38. The van der Waals surface area contributed by atoms with Crippen LogP contribution in [0.3, 0.4) is 0 Å². The first-order chi connectivity index (χ1) is 12.6. The normalized spacial score (nSPS) is 11.7. The number of fused-ring (bicyclic) bond motifs is 4. The Labute approximate surface area is 151 Å². The van der Waals surface area contributed by atoms with Gasteiger partial charge in [-0.15, -0.1) is 0 Å². The quantitative estimate of drug-likeness (QED) is 0.391. The second kappa shape index (κ2) is 5.40. The predicted octanol–water partition coefficient (Wildman–Crippen LogP) is 5.24. The van der Waals surface area contributed by atoms with Gasteiger partial charge in [-0.25, -0.2) is 4.57 Å². The molecule has 0 aliphatic carbocycles. The smallest absolute Gasteiger partial charge is 0.334 e. The molecule has 0 atom stereocenters. The molecule has 0 bridgehead atoms. The Morgan fingerprint density at radius 1 is 0.923 bits per heavy atom. The Bertz CT molecular complexity index is 1310. The summed E-state index contributed by atoms with van der Waals surface area (Å²) in [5, 5.41) is 4.72. The summed E-state index contributed by atoms with van der Waals surface area (Å²) in [6, 6.07) is 16.9. The van der Waals surface area contributed by atoms with Gasteiger partial charge in [-0.1, -0.05) is 24.3 Å². The average Bonchev–Trinajstić information content (AvgIpc) is 2.99. The zero-order chi connectivity index (χ0) is 17.8. The third-order valence-electron chi connectivity index (χ3n) is 5.30. The molecule has 0 aliphatic rings. The van der Waals surface area contributed by atoms with Crippen molar-refractivity contribution in [2.45, 2.75) is 13.8 Å². The third-order valence-corrected chi connectivity index (χ3v) is 5.30. The van der Waals surface area contributed by atoms with Gasteiger partial charge in [0.1, 0.15) is 17.3 Å². The zero-order valence-corrected chi connectivity index (χ0v) is 15.1. The van der Waals surface area contributed by atoms with E-state index in [0.29, 0.717) is 0 Å². The third kappa shape index (κ3) is 2.07. The highest BCUT2D eigenvalue weighted by atomic mass is 16.3. The molecular formula is C23H19N2O+. The molecule has 0 aliphatic heterocycles. The number of hydrogen-bond acceptors (Lipinski definition) is 2. The van der Waals surface area contributed by atoms with Gasteiger partial charge in [0, 0.05) is 16.8 Å². The minimum Gasteiger partial charge on any atom is -0.455 e. The van der Waals surface area contributed by atoms with Crippen molar-refractivity contribution in [1.82, 2.24) is 4.98 Å². The highest BCUT2D eigenvalue weighted by Crippen LogP contribution is 2.39. The first kappa shape index (κ1) is 15.1. The van der Waals surface area contributed by atoms with E-state index < -0.39 is 0 Å². The molecule has 0 unspecified atom stereocenters. The van der Waals surface area contributed by atoms with Crippen LogP contribution in [0.25, 0.3) is 44.1 Å². The number of aryl methyl sites for hydroxylation is 2. The van der Waals surface area contributed by atoms with E-state index in [2.05, 4.69) is 61.3 Å². The number of furan rings is 1. The van der Waals surface area contributed by atoms with Gasteiger partial charge in [0.05, 0.1) is 13.2 Å². The van der Waals surface area contributed by atoms with Gasteiger partial charge in [0.25, 0.3) is 0 Å². The van der Waals surface area contributed by atoms with Crippen LogP contribution in [0.4, 0.5) is 0 Å². The van der Waals surface area contributed by atoms with Crippen LogP contribution in [-0.4, -0.2) is 4.98 Å². The summed E-state index contributed by atoms with van der Waals surface area (Å²) in [4.78, 5) is 4.63. The second-order valence-electron chi connectivity index (χ2n) is 6.92. The van der Waals surface area contributed by atoms with E-state index in [9.17, 15) is 0 Å². The molecular weight excluding hydrogens is 320 g/mol. The largest absolute Gasteiger partial charge is 0.455 e. The van der Waals surface area contributed by atoms with Crippen molar-refractivity contribution in [2.75, 3.05) is 0 Å². The second-order valence-corrected chi connectivity index (χ2v) is 6.92. The van der Waals surface area contributed by atoms with Gasteiger partial charge in [0.2, 0.25) is 0 Å². The fraction of sp³-hybridized carbons (Fsp3) is 0.130. The fourth-order valence-corrected chi connectivity index (χ4v) is 3.78. The monoisotopic (exact) mass is 339 g/mol. The summed E-state index contributed by atoms with van der Waals surface area (Å²) in [6.45, 7) is 4.30. The maximum atomic E-state index is 6.38. The minimum atomic E-state index is 0.910. The van der Waals surface area contributed by atoms with E-state index >= 15 is 0 Å². The van der Waals surface area contributed by atoms with E-state index in [4.69, 9.17) is 4.42 Å². The van der Waals surface area contributed by atoms with Crippen LogP contribution < -0.4 is 4.57 Å². The number of aromatic nitrogens is 2. The van der Waals surface area contributed by atoms with Crippen LogP contribution in [-0.2, 0) is 7.05 Å². The lowest BCUT2D eigenvalue weighted by Gasteiger charge is -2.07. The first-order valence-electron chi connectivity index (χ1n) is 8.80. The molecule has 0 saturated carbocycles. The van der Waals surface area contributed by atoms with Crippen LogP contribution in [0.2, 0.25) is 0 Å². The van der Waals surface area contributed by atoms with E-state index in [-0.39, 0.29) is 0 Å². The van der Waals surface area contributed by atoms with Gasteiger partial charge >= 0.3 is 5.82 Å². The van der Waals surface area contributed by atoms with Gasteiger partial charge in [-0.05, 0) is 58.9 Å². The predicted molar refractivity (Wildman–Crippen MR) is 105 cm³/mol. The van der Waals surface area contributed by atoms with E-state index in [0.717, 1.165) is 33.3 Å². The molecule has 3 heteroatoms. The Morgan fingerprint density at radius 3 is 2.46 bits per heavy atom. The molecule has 0 radical (unpaired) electrons. The molecule has 0 saturated heterocycles. The van der Waals surface area contributed by atoms with Crippen molar-refractivity contribution in [3.8, 4) is 11.4 Å². The summed E-state index contributed by atoms with van der Waals surface area (Å²) in [6.07, 6.45) is 3.85. The Kier molecular flexibility index (Phi) is 3.13. The van der Waals surface area contributed by atoms with Crippen LogP contribution in [0, 0.1) is 13.8 Å². The Morgan fingerprint density at radius 2 is 1.69 bits per heavy atom. The lowest BCUT2D eigenvalue weighted by molar-refractivity contribution is -0.663. The Hall–Kier alpha value is -3.20. The molecule has 2 aromatic heterocycles. The maximum Gasteiger partial charge on any atom is 0.334 e. The van der Waals surface area contributed by atoms with E-state index in [1.807, 2.05) is 30.1 Å². The van der Waals surface area contributed by atoms with Crippen LogP contribution in [0.5, 0.6) is 0 Å². The van der Waals surface area contributed by atoms with Crippen molar-refractivity contribution in [2.24, 2.45) is 7.05 Å². The molecule has 0 fully saturated rings. The van der Waals surface area contributed by atoms with Gasteiger partial charge in [-0.3, -0.25) is 0 Å². The summed E-state index contributed by atoms with van der Waals surface area (Å²) >= 11 is 0. The summed E-state index contributed by atoms with van der Waals surface area (Å²) in [5.41, 5.74) is 5.35. The SMILES string of the molecule is Cc1cc2c(oc3cc4ccccc4cc32)c(-c2nccc[n+]2C)c1C. The molecule has 5 rings (SSSR count). The van der Waals surface area contributed by atoms with Crippen molar-refractivity contribution >= 4 is 32.7 Å². The van der Waals surface area contributed by atoms with Crippen molar-refractivity contribution in [3.05, 3.63) is 72.1 Å². The van der Waals surface area contributed by atoms with Crippen LogP contribution in [0.1, 0.15) is 11.1 Å². The molecule has 0 N–H and O–H groups in total. The molecule has 0 amide bonds. The first-order valence-corrected chi connectivity index (χ1v) is 8.80.